The minimum atomic E-state index is 0. The van der Waals surface area contributed by atoms with Crippen molar-refractivity contribution in [3.8, 4) is 5.75 Å². The number of halogens is 1. The fourth-order valence-electron chi connectivity index (χ4n) is 3.37. The molecule has 2 rings (SSSR count). The highest BCUT2D eigenvalue weighted by atomic mass is 127. The molecule has 2 N–H and O–H groups in total. The van der Waals surface area contributed by atoms with E-state index in [9.17, 15) is 4.79 Å². The number of nitrogens with zero attached hydrogens (tertiary/aromatic N) is 2. The molecule has 1 heterocycles. The van der Waals surface area contributed by atoms with Crippen LogP contribution < -0.4 is 15.4 Å². The first-order chi connectivity index (χ1) is 13.3. The quantitative estimate of drug-likeness (QED) is 0.252. The largest absolute Gasteiger partial charge is 0.491 e. The molecule has 1 aliphatic heterocycles. The summed E-state index contributed by atoms with van der Waals surface area (Å²) in [5, 5.41) is 6.73. The van der Waals surface area contributed by atoms with Crippen molar-refractivity contribution in [3.63, 3.8) is 0 Å². The Bertz CT molecular complexity index is 673. The summed E-state index contributed by atoms with van der Waals surface area (Å²) in [7, 11) is 0. The van der Waals surface area contributed by atoms with Crippen LogP contribution in [0.4, 0.5) is 0 Å². The Morgan fingerprint density at radius 3 is 2.66 bits per heavy atom. The highest BCUT2D eigenvalue weighted by molar-refractivity contribution is 14.0. The van der Waals surface area contributed by atoms with Gasteiger partial charge in [0.25, 0.3) is 0 Å². The summed E-state index contributed by atoms with van der Waals surface area (Å²) in [6, 6.07) is 8.44. The maximum Gasteiger partial charge on any atom is 0.222 e. The van der Waals surface area contributed by atoms with Gasteiger partial charge in [-0.2, -0.15) is 0 Å². The van der Waals surface area contributed by atoms with Crippen molar-refractivity contribution in [1.29, 1.82) is 0 Å². The Kier molecular flexibility index (Phi) is 10.8. The van der Waals surface area contributed by atoms with Crippen molar-refractivity contribution in [3.05, 3.63) is 29.8 Å². The average molecular weight is 516 g/mol. The zero-order valence-corrected chi connectivity index (χ0v) is 20.8. The Labute approximate surface area is 192 Å². The van der Waals surface area contributed by atoms with Crippen molar-refractivity contribution in [1.82, 2.24) is 15.5 Å². The molecule has 1 aromatic rings. The van der Waals surface area contributed by atoms with Crippen molar-refractivity contribution < 1.29 is 9.53 Å². The second-order valence-electron chi connectivity index (χ2n) is 8.18. The Morgan fingerprint density at radius 2 is 2.00 bits per heavy atom. The topological polar surface area (TPSA) is 66.0 Å². The van der Waals surface area contributed by atoms with Gasteiger partial charge in [0.1, 0.15) is 12.4 Å². The van der Waals surface area contributed by atoms with E-state index in [2.05, 4.69) is 49.4 Å². The summed E-state index contributed by atoms with van der Waals surface area (Å²) in [5.74, 6) is 1.93. The van der Waals surface area contributed by atoms with E-state index in [0.29, 0.717) is 19.6 Å². The van der Waals surface area contributed by atoms with Gasteiger partial charge in [-0.15, -0.1) is 24.0 Å². The summed E-state index contributed by atoms with van der Waals surface area (Å²) in [4.78, 5) is 18.4. The summed E-state index contributed by atoms with van der Waals surface area (Å²) in [5.41, 5.74) is 1.25. The third-order valence-electron chi connectivity index (χ3n) is 4.84. The highest BCUT2D eigenvalue weighted by Gasteiger charge is 2.25. The number of amides is 1. The van der Waals surface area contributed by atoms with Crippen LogP contribution in [0.3, 0.4) is 0 Å². The van der Waals surface area contributed by atoms with Gasteiger partial charge in [0.05, 0.1) is 6.54 Å². The monoisotopic (exact) mass is 516 g/mol. The second-order valence-corrected chi connectivity index (χ2v) is 8.18. The average Bonchev–Trinajstić information content (AvgIpc) is 3.12. The highest BCUT2D eigenvalue weighted by Crippen LogP contribution is 2.30. The van der Waals surface area contributed by atoms with Gasteiger partial charge in [0, 0.05) is 32.1 Å². The zero-order chi connectivity index (χ0) is 20.6. The van der Waals surface area contributed by atoms with Gasteiger partial charge in [-0.05, 0) is 30.4 Å². The maximum atomic E-state index is 11.9. The summed E-state index contributed by atoms with van der Waals surface area (Å²) < 4.78 is 6.01. The molecule has 1 atom stereocenters. The number of aliphatic imine (C=N–C) groups is 1. The van der Waals surface area contributed by atoms with Gasteiger partial charge in [-0.25, -0.2) is 4.99 Å². The normalized spacial score (nSPS) is 16.9. The number of guanidine groups is 1. The molecule has 1 saturated heterocycles. The number of likely N-dealkylation sites (tertiary alicyclic amines) is 1. The van der Waals surface area contributed by atoms with Crippen LogP contribution in [-0.2, 0) is 10.2 Å². The Morgan fingerprint density at radius 1 is 1.28 bits per heavy atom. The number of carbonyl (C=O) groups is 1. The molecule has 164 valence electrons. The minimum absolute atomic E-state index is 0. The van der Waals surface area contributed by atoms with Gasteiger partial charge in [-0.1, -0.05) is 45.9 Å². The van der Waals surface area contributed by atoms with Crippen LogP contribution in [0.2, 0.25) is 0 Å². The number of nitrogens with one attached hydrogen (secondary N) is 2. The first-order valence-electron chi connectivity index (χ1n) is 10.4. The van der Waals surface area contributed by atoms with Crippen LogP contribution in [0.15, 0.2) is 29.3 Å². The third-order valence-corrected chi connectivity index (χ3v) is 4.84. The predicted octanol–water partition coefficient (Wildman–Crippen LogP) is 3.55. The molecule has 0 saturated carbocycles. The first-order valence-corrected chi connectivity index (χ1v) is 10.4. The number of para-hydroxylation sites is 1. The van der Waals surface area contributed by atoms with Crippen molar-refractivity contribution in [2.24, 2.45) is 4.99 Å². The van der Waals surface area contributed by atoms with E-state index < -0.39 is 0 Å². The molecule has 7 heteroatoms. The number of carbonyl (C=O) groups excluding carboxylic acids is 1. The lowest BCUT2D eigenvalue weighted by Gasteiger charge is -2.22. The molecule has 1 aliphatic rings. The summed E-state index contributed by atoms with van der Waals surface area (Å²) >= 11 is 0. The van der Waals surface area contributed by atoms with Gasteiger partial charge >= 0.3 is 0 Å². The van der Waals surface area contributed by atoms with Crippen LogP contribution in [0.1, 0.15) is 53.0 Å². The fourth-order valence-corrected chi connectivity index (χ4v) is 3.37. The lowest BCUT2D eigenvalue weighted by molar-refractivity contribution is -0.129. The number of ether oxygens (including phenoxy) is 1. The van der Waals surface area contributed by atoms with E-state index >= 15 is 0 Å². The van der Waals surface area contributed by atoms with E-state index in [0.717, 1.165) is 37.8 Å². The molecule has 1 aromatic carbocycles. The molecule has 0 aliphatic carbocycles. The van der Waals surface area contributed by atoms with Crippen molar-refractivity contribution in [2.75, 3.05) is 32.8 Å². The molecular weight excluding hydrogens is 479 g/mol. The molecule has 0 spiro atoms. The van der Waals surface area contributed by atoms with Crippen LogP contribution >= 0.6 is 24.0 Å². The molecule has 6 nitrogen and oxygen atoms in total. The first kappa shape index (κ1) is 25.5. The van der Waals surface area contributed by atoms with E-state index in [1.165, 1.54) is 5.56 Å². The van der Waals surface area contributed by atoms with Crippen LogP contribution in [0.25, 0.3) is 0 Å². The van der Waals surface area contributed by atoms with Crippen molar-refractivity contribution in [2.45, 2.75) is 58.9 Å². The number of rotatable bonds is 7. The lowest BCUT2D eigenvalue weighted by Crippen LogP contribution is -2.45. The van der Waals surface area contributed by atoms with Crippen LogP contribution in [0.5, 0.6) is 5.75 Å². The van der Waals surface area contributed by atoms with Crippen molar-refractivity contribution >= 4 is 35.8 Å². The third kappa shape index (κ3) is 8.03. The van der Waals surface area contributed by atoms with E-state index in [1.54, 1.807) is 0 Å². The molecule has 1 amide bonds. The molecular formula is C22H37IN4O2. The maximum absolute atomic E-state index is 11.9. The zero-order valence-electron chi connectivity index (χ0n) is 18.5. The summed E-state index contributed by atoms with van der Waals surface area (Å²) in [6.07, 6.45) is 1.51. The molecule has 0 radical (unpaired) electrons. The van der Waals surface area contributed by atoms with Crippen LogP contribution in [0, 0.1) is 0 Å². The van der Waals surface area contributed by atoms with Crippen LogP contribution in [-0.4, -0.2) is 55.6 Å². The number of benzene rings is 1. The Balaban J connectivity index is 0.00000420. The fraction of sp³-hybridized carbons (Fsp3) is 0.636. The van der Waals surface area contributed by atoms with E-state index in [4.69, 9.17) is 4.74 Å². The minimum Gasteiger partial charge on any atom is -0.491 e. The SMILES string of the molecule is CCNC(=NCCOc1ccccc1C(C)(C)C)NC1CCN(C(=O)CC)C1.I. The lowest BCUT2D eigenvalue weighted by atomic mass is 9.86. The number of hydrogen-bond donors (Lipinski definition) is 2. The smallest absolute Gasteiger partial charge is 0.222 e. The second kappa shape index (κ2) is 12.2. The van der Waals surface area contributed by atoms with Gasteiger partial charge < -0.3 is 20.3 Å². The molecule has 1 unspecified atom stereocenters. The van der Waals surface area contributed by atoms with E-state index in [1.807, 2.05) is 30.0 Å². The molecule has 0 bridgehead atoms. The Hall–Kier alpha value is -1.51. The van der Waals surface area contributed by atoms with Gasteiger partial charge in [-0.3, -0.25) is 4.79 Å². The van der Waals surface area contributed by atoms with E-state index in [-0.39, 0.29) is 41.3 Å². The standard InChI is InChI=1S/C22H36N4O2.HI/c1-6-20(27)26-14-12-17(16-26)25-21(23-7-2)24-13-15-28-19-11-9-8-10-18(19)22(3,4)5;/h8-11,17H,6-7,12-16H2,1-5H3,(H2,23,24,25);1H. The molecule has 29 heavy (non-hydrogen) atoms. The predicted molar refractivity (Wildman–Crippen MR) is 130 cm³/mol. The molecule has 0 aromatic heterocycles. The molecule has 1 fully saturated rings. The van der Waals surface area contributed by atoms with Gasteiger partial charge in [0.2, 0.25) is 5.91 Å². The summed E-state index contributed by atoms with van der Waals surface area (Å²) in [6.45, 7) is 14.0. The van der Waals surface area contributed by atoms with Gasteiger partial charge in [0.15, 0.2) is 5.96 Å². The number of hydrogen-bond acceptors (Lipinski definition) is 3.